The number of hydrogen-bond donors (Lipinski definition) is 1. The van der Waals surface area contributed by atoms with Crippen molar-refractivity contribution in [2.45, 2.75) is 43.9 Å². The van der Waals surface area contributed by atoms with Crippen molar-refractivity contribution in [3.63, 3.8) is 0 Å². The molecule has 202 valence electrons. The summed E-state index contributed by atoms with van der Waals surface area (Å²) >= 11 is 1.06. The number of nitrogens with zero attached hydrogens (tertiary/aromatic N) is 3. The maximum atomic E-state index is 15.1. The highest BCUT2D eigenvalue weighted by atomic mass is 32.1. The SMILES string of the molecule is CN1CCC(C(=O)NC(=O)c2c(F)ccc(OCc3nc4cc(C5(C(F)(F)F)CC5)cnc4s3)c2F)CC1. The van der Waals surface area contributed by atoms with Gasteiger partial charge in [0.05, 0.1) is 5.41 Å². The maximum Gasteiger partial charge on any atom is 0.398 e. The Morgan fingerprint density at radius 3 is 2.58 bits per heavy atom. The molecule has 1 saturated carbocycles. The summed E-state index contributed by atoms with van der Waals surface area (Å²) in [6, 6.07) is 3.21. The lowest BCUT2D eigenvalue weighted by Crippen LogP contribution is -2.41. The summed E-state index contributed by atoms with van der Waals surface area (Å²) in [5.41, 5.74) is -2.53. The number of aromatic nitrogens is 2. The molecule has 2 amide bonds. The molecule has 5 rings (SSSR count). The van der Waals surface area contributed by atoms with Crippen LogP contribution in [0.3, 0.4) is 0 Å². The van der Waals surface area contributed by atoms with E-state index in [-0.39, 0.29) is 30.5 Å². The van der Waals surface area contributed by atoms with Gasteiger partial charge in [0.2, 0.25) is 5.91 Å². The van der Waals surface area contributed by atoms with Crippen molar-refractivity contribution in [2.75, 3.05) is 20.1 Å². The van der Waals surface area contributed by atoms with Gasteiger partial charge in [-0.1, -0.05) is 11.3 Å². The highest BCUT2D eigenvalue weighted by Crippen LogP contribution is 2.59. The van der Waals surface area contributed by atoms with Crippen LogP contribution in [-0.2, 0) is 16.8 Å². The van der Waals surface area contributed by atoms with Crippen molar-refractivity contribution < 1.29 is 36.3 Å². The minimum Gasteiger partial charge on any atom is -0.483 e. The fourth-order valence-corrected chi connectivity index (χ4v) is 5.39. The number of hydrogen-bond acceptors (Lipinski definition) is 7. The number of imide groups is 1. The summed E-state index contributed by atoms with van der Waals surface area (Å²) in [4.78, 5) is 35.8. The minimum absolute atomic E-state index is 0.00680. The number of nitrogens with one attached hydrogen (secondary N) is 1. The van der Waals surface area contributed by atoms with Gasteiger partial charge in [0, 0.05) is 12.1 Å². The van der Waals surface area contributed by atoms with Gasteiger partial charge in [0.1, 0.15) is 33.3 Å². The molecule has 0 bridgehead atoms. The second-order valence-corrected chi connectivity index (χ2v) is 10.7. The Morgan fingerprint density at radius 1 is 1.21 bits per heavy atom. The summed E-state index contributed by atoms with van der Waals surface area (Å²) in [6.07, 6.45) is -2.14. The summed E-state index contributed by atoms with van der Waals surface area (Å²) in [5.74, 6) is -5.09. The summed E-state index contributed by atoms with van der Waals surface area (Å²) in [5, 5.41) is 2.38. The van der Waals surface area contributed by atoms with Gasteiger partial charge in [-0.2, -0.15) is 13.2 Å². The van der Waals surface area contributed by atoms with Crippen molar-refractivity contribution in [3.05, 3.63) is 52.2 Å². The molecule has 1 aliphatic heterocycles. The zero-order valence-corrected chi connectivity index (χ0v) is 21.0. The van der Waals surface area contributed by atoms with Crippen LogP contribution in [0.15, 0.2) is 24.4 Å². The van der Waals surface area contributed by atoms with Crippen LogP contribution in [0.2, 0.25) is 0 Å². The number of benzene rings is 1. The number of ether oxygens (including phenoxy) is 1. The minimum atomic E-state index is -4.38. The number of piperidine rings is 1. The smallest absolute Gasteiger partial charge is 0.398 e. The normalized spacial score (nSPS) is 17.9. The molecule has 0 spiro atoms. The maximum absolute atomic E-state index is 15.1. The van der Waals surface area contributed by atoms with E-state index in [0.717, 1.165) is 23.5 Å². The molecule has 0 radical (unpaired) electrons. The largest absolute Gasteiger partial charge is 0.483 e. The number of carbonyl (C=O) groups is 2. The first-order valence-electron chi connectivity index (χ1n) is 12.0. The van der Waals surface area contributed by atoms with E-state index in [1.54, 1.807) is 0 Å². The Kier molecular flexibility index (Phi) is 6.84. The van der Waals surface area contributed by atoms with Crippen molar-refractivity contribution in [1.29, 1.82) is 0 Å². The summed E-state index contributed by atoms with van der Waals surface area (Å²) in [6.45, 7) is 1.05. The summed E-state index contributed by atoms with van der Waals surface area (Å²) in [7, 11) is 1.91. The number of carbonyl (C=O) groups excluding carboxylic acids is 2. The molecule has 2 aliphatic rings. The van der Waals surface area contributed by atoms with Crippen molar-refractivity contribution in [2.24, 2.45) is 5.92 Å². The predicted octanol–water partition coefficient (Wildman–Crippen LogP) is 4.74. The van der Waals surface area contributed by atoms with Crippen molar-refractivity contribution in [3.8, 4) is 5.75 Å². The number of fused-ring (bicyclic) bond motifs is 1. The van der Waals surface area contributed by atoms with Gasteiger partial charge in [-0.05, 0) is 69.6 Å². The number of rotatable bonds is 6. The lowest BCUT2D eigenvalue weighted by molar-refractivity contribution is -0.160. The number of likely N-dealkylation sites (tertiary alicyclic amines) is 1. The molecule has 1 saturated heterocycles. The second-order valence-electron chi connectivity index (χ2n) is 9.65. The van der Waals surface area contributed by atoms with E-state index in [2.05, 4.69) is 15.3 Å². The highest BCUT2D eigenvalue weighted by Gasteiger charge is 2.64. The van der Waals surface area contributed by atoms with Crippen LogP contribution < -0.4 is 10.1 Å². The first kappa shape index (κ1) is 26.4. The average molecular weight is 555 g/mol. The number of halogens is 5. The number of amides is 2. The molecule has 1 aliphatic carbocycles. The van der Waals surface area contributed by atoms with E-state index < -0.39 is 52.3 Å². The van der Waals surface area contributed by atoms with E-state index in [1.165, 1.54) is 12.3 Å². The molecule has 1 N–H and O–H groups in total. The first-order chi connectivity index (χ1) is 18.0. The van der Waals surface area contributed by atoms with Gasteiger partial charge in [0.15, 0.2) is 11.6 Å². The second kappa shape index (κ2) is 9.84. The fraction of sp³-hybridized carbons (Fsp3) is 0.440. The van der Waals surface area contributed by atoms with E-state index in [4.69, 9.17) is 4.74 Å². The molecular weight excluding hydrogens is 531 g/mol. The number of pyridine rings is 1. The molecule has 38 heavy (non-hydrogen) atoms. The standard InChI is InChI=1S/C25H23F5N4O3S/c1-34-8-4-13(5-9-34)21(35)33-22(36)19-15(26)2-3-17(20(19)27)37-12-18-32-16-10-14(11-31-23(16)38-18)24(6-7-24)25(28,29)30/h2-3,10-11,13H,4-9,12H2,1H3,(H,33,35,36). The number of alkyl halides is 3. The highest BCUT2D eigenvalue weighted by molar-refractivity contribution is 7.18. The Hall–Kier alpha value is -3.19. The van der Waals surface area contributed by atoms with Gasteiger partial charge in [-0.25, -0.2) is 18.7 Å². The van der Waals surface area contributed by atoms with Crippen LogP contribution in [0.5, 0.6) is 5.75 Å². The lowest BCUT2D eigenvalue weighted by atomic mass is 9.96. The van der Waals surface area contributed by atoms with Gasteiger partial charge < -0.3 is 9.64 Å². The molecule has 0 atom stereocenters. The first-order valence-corrected chi connectivity index (χ1v) is 12.8. The Labute approximate surface area is 218 Å². The summed E-state index contributed by atoms with van der Waals surface area (Å²) < 4.78 is 75.2. The van der Waals surface area contributed by atoms with Crippen molar-refractivity contribution in [1.82, 2.24) is 20.2 Å². The molecule has 1 aromatic carbocycles. The molecule has 7 nitrogen and oxygen atoms in total. The van der Waals surface area contributed by atoms with E-state index in [9.17, 15) is 27.2 Å². The third kappa shape index (κ3) is 4.96. The third-order valence-electron chi connectivity index (χ3n) is 7.10. The third-order valence-corrected chi connectivity index (χ3v) is 8.05. The quantitative estimate of drug-likeness (QED) is 0.350. The van der Waals surface area contributed by atoms with E-state index in [0.29, 0.717) is 35.8 Å². The van der Waals surface area contributed by atoms with Gasteiger partial charge in [-0.3, -0.25) is 14.9 Å². The molecular formula is C25H23F5N4O3S. The molecule has 13 heteroatoms. The Balaban J connectivity index is 1.28. The monoisotopic (exact) mass is 554 g/mol. The fourth-order valence-electron chi connectivity index (χ4n) is 4.59. The predicted molar refractivity (Wildman–Crippen MR) is 128 cm³/mol. The van der Waals surface area contributed by atoms with Crippen LogP contribution in [0, 0.1) is 17.6 Å². The van der Waals surface area contributed by atoms with E-state index >= 15 is 4.39 Å². The molecule has 2 aromatic heterocycles. The lowest BCUT2D eigenvalue weighted by Gasteiger charge is -2.27. The van der Waals surface area contributed by atoms with Gasteiger partial charge in [-0.15, -0.1) is 0 Å². The van der Waals surface area contributed by atoms with E-state index in [1.807, 2.05) is 11.9 Å². The topological polar surface area (TPSA) is 84.4 Å². The van der Waals surface area contributed by atoms with Crippen LogP contribution in [-0.4, -0.2) is 53.0 Å². The Morgan fingerprint density at radius 2 is 1.92 bits per heavy atom. The Bertz CT molecular complexity index is 1400. The van der Waals surface area contributed by atoms with Gasteiger partial charge in [0.25, 0.3) is 5.91 Å². The van der Waals surface area contributed by atoms with Crippen molar-refractivity contribution >= 4 is 33.5 Å². The van der Waals surface area contributed by atoms with Gasteiger partial charge >= 0.3 is 6.18 Å². The van der Waals surface area contributed by atoms with Crippen LogP contribution in [0.25, 0.3) is 10.3 Å². The molecule has 0 unspecified atom stereocenters. The van der Waals surface area contributed by atoms with Crippen LogP contribution in [0.4, 0.5) is 22.0 Å². The molecule has 3 aromatic rings. The zero-order chi connectivity index (χ0) is 27.2. The zero-order valence-electron chi connectivity index (χ0n) is 20.2. The number of thiazole rings is 1. The van der Waals surface area contributed by atoms with Crippen LogP contribution in [0.1, 0.15) is 46.6 Å². The average Bonchev–Trinajstić information content (AvgIpc) is 3.58. The van der Waals surface area contributed by atoms with Crippen LogP contribution >= 0.6 is 11.3 Å². The molecule has 2 fully saturated rings. The molecule has 3 heterocycles.